The Morgan fingerprint density at radius 3 is 2.67 bits per heavy atom. The smallest absolute Gasteiger partial charge is 0.238 e. The van der Waals surface area contributed by atoms with Crippen molar-refractivity contribution in [2.75, 3.05) is 0 Å². The van der Waals surface area contributed by atoms with Crippen LogP contribution < -0.4 is 0 Å². The first-order chi connectivity index (χ1) is 10.2. The van der Waals surface area contributed by atoms with E-state index in [4.69, 9.17) is 11.6 Å². The molecule has 0 fully saturated rings. The second-order valence-corrected chi connectivity index (χ2v) is 5.28. The van der Waals surface area contributed by atoms with Crippen molar-refractivity contribution in [1.29, 1.82) is 0 Å². The summed E-state index contributed by atoms with van der Waals surface area (Å²) in [5.74, 6) is 2.14. The van der Waals surface area contributed by atoms with E-state index in [2.05, 4.69) is 15.0 Å². The van der Waals surface area contributed by atoms with Crippen molar-refractivity contribution < 1.29 is 0 Å². The highest BCUT2D eigenvalue weighted by atomic mass is 35.5. The fourth-order valence-electron chi connectivity index (χ4n) is 2.49. The second-order valence-electron chi connectivity index (χ2n) is 4.84. The van der Waals surface area contributed by atoms with Gasteiger partial charge in [0.15, 0.2) is 5.82 Å². The summed E-state index contributed by atoms with van der Waals surface area (Å²) in [6.45, 7) is 1.96. The number of fused-ring (bicyclic) bond motifs is 3. The molecule has 2 aromatic heterocycles. The summed E-state index contributed by atoms with van der Waals surface area (Å²) in [5.41, 5.74) is 2.82. The molecule has 0 unspecified atom stereocenters. The molecule has 0 amide bonds. The monoisotopic (exact) mass is 294 g/mol. The van der Waals surface area contributed by atoms with Gasteiger partial charge in [0.2, 0.25) is 5.78 Å². The predicted molar refractivity (Wildman–Crippen MR) is 83.5 cm³/mol. The van der Waals surface area contributed by atoms with Gasteiger partial charge in [-0.3, -0.25) is 4.40 Å². The van der Waals surface area contributed by atoms with Gasteiger partial charge in [-0.25, -0.2) is 9.97 Å². The van der Waals surface area contributed by atoms with E-state index in [-0.39, 0.29) is 0 Å². The minimum Gasteiger partial charge on any atom is -0.264 e. The molecule has 102 valence electrons. The molecule has 21 heavy (non-hydrogen) atoms. The van der Waals surface area contributed by atoms with Crippen LogP contribution in [0.15, 0.2) is 48.5 Å². The van der Waals surface area contributed by atoms with Gasteiger partial charge in [0.1, 0.15) is 5.82 Å². The Hall–Kier alpha value is -2.46. The van der Waals surface area contributed by atoms with Crippen molar-refractivity contribution in [2.45, 2.75) is 6.92 Å². The molecule has 0 aliphatic carbocycles. The highest BCUT2D eigenvalue weighted by molar-refractivity contribution is 6.30. The molecule has 4 nitrogen and oxygen atoms in total. The summed E-state index contributed by atoms with van der Waals surface area (Å²) in [6, 6.07) is 15.5. The van der Waals surface area contributed by atoms with Crippen LogP contribution >= 0.6 is 11.6 Å². The largest absolute Gasteiger partial charge is 0.264 e. The van der Waals surface area contributed by atoms with E-state index in [1.54, 1.807) is 0 Å². The minimum atomic E-state index is 0.637. The van der Waals surface area contributed by atoms with Crippen LogP contribution in [0.2, 0.25) is 5.02 Å². The molecule has 0 aliphatic heterocycles. The first-order valence-corrected chi connectivity index (χ1v) is 6.98. The second kappa shape index (κ2) is 4.53. The quantitative estimate of drug-likeness (QED) is 0.534. The fraction of sp³-hybridized carbons (Fsp3) is 0.0625. The molecule has 0 radical (unpaired) electrons. The molecular weight excluding hydrogens is 284 g/mol. The Bertz CT molecular complexity index is 975. The molecule has 0 spiro atoms. The number of imidazole rings is 1. The lowest BCUT2D eigenvalue weighted by molar-refractivity contribution is 0.961. The zero-order chi connectivity index (χ0) is 14.4. The average molecular weight is 295 g/mol. The maximum Gasteiger partial charge on any atom is 0.238 e. The zero-order valence-corrected chi connectivity index (χ0v) is 12.0. The molecule has 0 N–H and O–H groups in total. The molecule has 0 aliphatic rings. The SMILES string of the molecule is Cc1nc(-c2cccc(Cl)c2)nc2nc3ccccc3n12. The summed E-state index contributed by atoms with van der Waals surface area (Å²) in [6.07, 6.45) is 0. The standard InChI is InChI=1S/C16H11ClN4/c1-10-18-15(11-5-4-6-12(17)9-11)20-16-19-13-7-2-3-8-14(13)21(10)16/h2-9H,1H3. The topological polar surface area (TPSA) is 43.1 Å². The van der Waals surface area contributed by atoms with Crippen LogP contribution in [0.25, 0.3) is 28.2 Å². The van der Waals surface area contributed by atoms with Gasteiger partial charge in [0.05, 0.1) is 11.0 Å². The normalized spacial score (nSPS) is 11.3. The molecule has 5 heteroatoms. The number of hydrogen-bond donors (Lipinski definition) is 0. The number of para-hydroxylation sites is 2. The van der Waals surface area contributed by atoms with Crippen molar-refractivity contribution in [2.24, 2.45) is 0 Å². The van der Waals surface area contributed by atoms with Crippen molar-refractivity contribution in [3.63, 3.8) is 0 Å². The van der Waals surface area contributed by atoms with Crippen LogP contribution in [0.1, 0.15) is 5.82 Å². The highest BCUT2D eigenvalue weighted by Gasteiger charge is 2.11. The molecule has 2 heterocycles. The van der Waals surface area contributed by atoms with E-state index >= 15 is 0 Å². The van der Waals surface area contributed by atoms with Gasteiger partial charge in [-0.15, -0.1) is 0 Å². The number of nitrogens with zero attached hydrogens (tertiary/aromatic N) is 4. The third kappa shape index (κ3) is 1.96. The molecule has 2 aromatic carbocycles. The van der Waals surface area contributed by atoms with Crippen LogP contribution in [0, 0.1) is 6.92 Å². The number of halogens is 1. The predicted octanol–water partition coefficient (Wildman–Crippen LogP) is 3.91. The van der Waals surface area contributed by atoms with Gasteiger partial charge in [0, 0.05) is 10.6 Å². The molecule has 0 atom stereocenters. The lowest BCUT2D eigenvalue weighted by Gasteiger charge is -2.04. The Labute approximate surface area is 126 Å². The van der Waals surface area contributed by atoms with Gasteiger partial charge >= 0.3 is 0 Å². The molecule has 0 bridgehead atoms. The molecule has 4 aromatic rings. The van der Waals surface area contributed by atoms with Crippen LogP contribution in [-0.4, -0.2) is 19.4 Å². The number of benzene rings is 2. The van der Waals surface area contributed by atoms with Gasteiger partial charge in [0.25, 0.3) is 0 Å². The van der Waals surface area contributed by atoms with E-state index in [1.807, 2.05) is 59.9 Å². The summed E-state index contributed by atoms with van der Waals surface area (Å²) < 4.78 is 1.96. The van der Waals surface area contributed by atoms with Crippen LogP contribution in [0.5, 0.6) is 0 Å². The van der Waals surface area contributed by atoms with Crippen LogP contribution in [0.4, 0.5) is 0 Å². The van der Waals surface area contributed by atoms with E-state index in [1.165, 1.54) is 0 Å². The first kappa shape index (κ1) is 12.3. The van der Waals surface area contributed by atoms with Gasteiger partial charge in [-0.1, -0.05) is 35.9 Å². The summed E-state index contributed by atoms with van der Waals surface area (Å²) >= 11 is 6.04. The van der Waals surface area contributed by atoms with Crippen molar-refractivity contribution in [3.05, 3.63) is 59.4 Å². The van der Waals surface area contributed by atoms with E-state index in [0.717, 1.165) is 22.4 Å². The summed E-state index contributed by atoms with van der Waals surface area (Å²) in [7, 11) is 0. The highest BCUT2D eigenvalue weighted by Crippen LogP contribution is 2.22. The van der Waals surface area contributed by atoms with E-state index < -0.39 is 0 Å². The third-order valence-electron chi connectivity index (χ3n) is 3.42. The Morgan fingerprint density at radius 2 is 1.81 bits per heavy atom. The third-order valence-corrected chi connectivity index (χ3v) is 3.66. The Kier molecular flexibility index (Phi) is 2.65. The summed E-state index contributed by atoms with van der Waals surface area (Å²) in [5, 5.41) is 0.669. The van der Waals surface area contributed by atoms with E-state index in [0.29, 0.717) is 16.6 Å². The minimum absolute atomic E-state index is 0.637. The maximum atomic E-state index is 6.04. The Morgan fingerprint density at radius 1 is 0.952 bits per heavy atom. The number of aromatic nitrogens is 4. The lowest BCUT2D eigenvalue weighted by Crippen LogP contribution is -2.01. The van der Waals surface area contributed by atoms with E-state index in [9.17, 15) is 0 Å². The van der Waals surface area contributed by atoms with Gasteiger partial charge < -0.3 is 0 Å². The average Bonchev–Trinajstić information content (AvgIpc) is 2.86. The molecule has 0 saturated heterocycles. The molecular formula is C16H11ClN4. The Balaban J connectivity index is 2.03. The number of aryl methyl sites for hydroxylation is 1. The number of hydrogen-bond acceptors (Lipinski definition) is 3. The van der Waals surface area contributed by atoms with Crippen molar-refractivity contribution >= 4 is 28.4 Å². The van der Waals surface area contributed by atoms with Crippen molar-refractivity contribution in [1.82, 2.24) is 19.4 Å². The number of rotatable bonds is 1. The van der Waals surface area contributed by atoms with Crippen molar-refractivity contribution in [3.8, 4) is 11.4 Å². The molecule has 4 rings (SSSR count). The van der Waals surface area contributed by atoms with Crippen LogP contribution in [-0.2, 0) is 0 Å². The van der Waals surface area contributed by atoms with Crippen LogP contribution in [0.3, 0.4) is 0 Å². The fourth-order valence-corrected chi connectivity index (χ4v) is 2.68. The lowest BCUT2D eigenvalue weighted by atomic mass is 10.2. The summed E-state index contributed by atoms with van der Waals surface area (Å²) in [4.78, 5) is 13.7. The maximum absolute atomic E-state index is 6.04. The first-order valence-electron chi connectivity index (χ1n) is 6.60. The zero-order valence-electron chi connectivity index (χ0n) is 11.3. The van der Waals surface area contributed by atoms with Gasteiger partial charge in [-0.05, 0) is 31.2 Å². The van der Waals surface area contributed by atoms with Gasteiger partial charge in [-0.2, -0.15) is 4.98 Å². The molecule has 0 saturated carbocycles.